The van der Waals surface area contributed by atoms with Gasteiger partial charge in [0, 0.05) is 32.7 Å². The van der Waals surface area contributed by atoms with E-state index in [0.29, 0.717) is 0 Å². The predicted octanol–water partition coefficient (Wildman–Crippen LogP) is 3.77. The van der Waals surface area contributed by atoms with Crippen LogP contribution in [0.15, 0.2) is 0 Å². The van der Waals surface area contributed by atoms with Crippen molar-refractivity contribution in [3.05, 3.63) is 13.5 Å². The first-order valence-electron chi connectivity index (χ1n) is 4.78. The van der Waals surface area contributed by atoms with Crippen LogP contribution >= 0.6 is 0 Å². The van der Waals surface area contributed by atoms with Gasteiger partial charge in [0.2, 0.25) is 0 Å². The maximum Gasteiger partial charge on any atom is 0.287 e. The number of aliphatic hydroxyl groups excluding tert-OH is 1. The van der Waals surface area contributed by atoms with Crippen LogP contribution in [0.5, 0.6) is 0 Å². The summed E-state index contributed by atoms with van der Waals surface area (Å²) in [4.78, 5) is 0. The van der Waals surface area contributed by atoms with Gasteiger partial charge in [0.15, 0.2) is 5.92 Å². The monoisotopic (exact) mass is 335 g/mol. The fourth-order valence-electron chi connectivity index (χ4n) is 1.67. The van der Waals surface area contributed by atoms with Crippen molar-refractivity contribution in [2.75, 3.05) is 0 Å². The average molecular weight is 335 g/mol. The molecule has 2 unspecified atom stereocenters. The standard InChI is InChI=1S/C9H12F5.CH3O.Y/c1-3-7(10)4-5-8(11,12)9(13,14)6(7)2;1-2;/h5-6H,3-4H2,1-2H3;2H,1H2;/q2*-1;. The second-order valence-corrected chi connectivity index (χ2v) is 3.76. The van der Waals surface area contributed by atoms with Crippen LogP contribution in [-0.4, -0.2) is 22.6 Å². The number of rotatable bonds is 1. The molecule has 1 radical (unpaired) electrons. The molecule has 0 saturated heterocycles. The minimum absolute atomic E-state index is 0. The summed E-state index contributed by atoms with van der Waals surface area (Å²) < 4.78 is 65.2. The summed E-state index contributed by atoms with van der Waals surface area (Å²) in [5.41, 5.74) is -2.22. The van der Waals surface area contributed by atoms with E-state index in [9.17, 15) is 22.0 Å². The van der Waals surface area contributed by atoms with Gasteiger partial charge in [-0.3, -0.25) is 6.42 Å². The zero-order valence-corrected chi connectivity index (χ0v) is 12.5. The van der Waals surface area contributed by atoms with E-state index < -0.39 is 29.9 Å². The van der Waals surface area contributed by atoms with Crippen LogP contribution in [0.4, 0.5) is 22.0 Å². The summed E-state index contributed by atoms with van der Waals surface area (Å²) in [5.74, 6) is -10.5. The first-order valence-corrected chi connectivity index (χ1v) is 4.78. The van der Waals surface area contributed by atoms with E-state index in [0.717, 1.165) is 6.92 Å². The molecule has 0 aromatic carbocycles. The zero-order valence-electron chi connectivity index (χ0n) is 9.69. The van der Waals surface area contributed by atoms with E-state index in [4.69, 9.17) is 5.11 Å². The summed E-state index contributed by atoms with van der Waals surface area (Å²) >= 11 is 0. The van der Waals surface area contributed by atoms with E-state index in [1.165, 1.54) is 6.92 Å². The Morgan fingerprint density at radius 1 is 1.24 bits per heavy atom. The number of hydrogen-bond donors (Lipinski definition) is 1. The van der Waals surface area contributed by atoms with E-state index in [2.05, 4.69) is 7.11 Å². The molecular weight excluding hydrogens is 320 g/mol. The topological polar surface area (TPSA) is 20.2 Å². The molecule has 1 aliphatic carbocycles. The van der Waals surface area contributed by atoms with Gasteiger partial charge in [0.25, 0.3) is 5.92 Å². The van der Waals surface area contributed by atoms with E-state index in [-0.39, 0.29) is 45.6 Å². The Hall–Kier alpha value is 0.714. The molecule has 1 aliphatic rings. The van der Waals surface area contributed by atoms with E-state index in [1.807, 2.05) is 0 Å². The molecule has 7 heteroatoms. The average Bonchev–Trinajstić information content (AvgIpc) is 2.26. The van der Waals surface area contributed by atoms with Gasteiger partial charge >= 0.3 is 0 Å². The van der Waals surface area contributed by atoms with Crippen molar-refractivity contribution in [3.8, 4) is 0 Å². The molecular formula is C10H15F5OY-2. The van der Waals surface area contributed by atoms with Crippen molar-refractivity contribution in [1.82, 2.24) is 0 Å². The molecule has 1 saturated carbocycles. The van der Waals surface area contributed by atoms with Crippen LogP contribution in [0, 0.1) is 19.4 Å². The van der Waals surface area contributed by atoms with Gasteiger partial charge in [-0.1, -0.05) is 13.8 Å². The van der Waals surface area contributed by atoms with Crippen LogP contribution in [-0.2, 0) is 32.7 Å². The number of alkyl halides is 5. The van der Waals surface area contributed by atoms with Crippen LogP contribution in [0.3, 0.4) is 0 Å². The third kappa shape index (κ3) is 3.60. The Balaban J connectivity index is 0. The van der Waals surface area contributed by atoms with Crippen molar-refractivity contribution in [2.45, 2.75) is 44.2 Å². The third-order valence-electron chi connectivity index (χ3n) is 3.05. The summed E-state index contributed by atoms with van der Waals surface area (Å²) in [6.07, 6.45) is -0.708. The minimum atomic E-state index is -4.30. The molecule has 1 rings (SSSR count). The Bertz CT molecular complexity index is 237. The summed E-state index contributed by atoms with van der Waals surface area (Å²) in [5, 5.41) is 6.75. The van der Waals surface area contributed by atoms with Crippen molar-refractivity contribution < 1.29 is 59.8 Å². The molecule has 0 bridgehead atoms. The van der Waals surface area contributed by atoms with Crippen molar-refractivity contribution >= 4 is 0 Å². The molecule has 1 nitrogen and oxygen atoms in total. The molecule has 0 aromatic heterocycles. The largest absolute Gasteiger partial charge is 0.569 e. The van der Waals surface area contributed by atoms with Crippen molar-refractivity contribution in [3.63, 3.8) is 0 Å². The van der Waals surface area contributed by atoms with Gasteiger partial charge < -0.3 is 5.11 Å². The van der Waals surface area contributed by atoms with Gasteiger partial charge in [-0.15, -0.1) is 6.42 Å². The maximum atomic E-state index is 13.7. The molecule has 101 valence electrons. The SMILES string of the molecule is CCC1(F)C[CH-]C(F)(F)C(F)(F)C1C.[CH2-]O.[Y]. The minimum Gasteiger partial charge on any atom is -0.569 e. The van der Waals surface area contributed by atoms with Crippen LogP contribution in [0.25, 0.3) is 0 Å². The van der Waals surface area contributed by atoms with Gasteiger partial charge in [-0.05, 0) is 6.42 Å². The predicted molar refractivity (Wildman–Crippen MR) is 49.4 cm³/mol. The summed E-state index contributed by atoms with van der Waals surface area (Å²) in [6, 6.07) is 0. The fraction of sp³-hybridized carbons (Fsp3) is 0.800. The first kappa shape index (κ1) is 20.0. The summed E-state index contributed by atoms with van der Waals surface area (Å²) in [7, 11) is 2.25. The number of aliphatic hydroxyl groups is 1. The van der Waals surface area contributed by atoms with Gasteiger partial charge in [-0.25, -0.2) is 29.1 Å². The molecule has 0 spiro atoms. The number of halogens is 5. The Kier molecular flexibility index (Phi) is 7.97. The second-order valence-electron chi connectivity index (χ2n) is 3.76. The summed E-state index contributed by atoms with van der Waals surface area (Å²) in [6.45, 7) is 2.22. The smallest absolute Gasteiger partial charge is 0.287 e. The van der Waals surface area contributed by atoms with E-state index in [1.54, 1.807) is 0 Å². The Morgan fingerprint density at radius 3 is 2.00 bits per heavy atom. The molecule has 0 amide bonds. The Labute approximate surface area is 123 Å². The number of hydrogen-bond acceptors (Lipinski definition) is 1. The van der Waals surface area contributed by atoms with Crippen molar-refractivity contribution in [1.29, 1.82) is 0 Å². The van der Waals surface area contributed by atoms with Crippen LogP contribution in [0.2, 0.25) is 0 Å². The molecule has 1 fully saturated rings. The molecule has 2 atom stereocenters. The molecule has 0 aromatic rings. The van der Waals surface area contributed by atoms with Crippen LogP contribution < -0.4 is 0 Å². The second kappa shape index (κ2) is 6.76. The maximum absolute atomic E-state index is 13.7. The third-order valence-corrected chi connectivity index (χ3v) is 3.05. The quantitative estimate of drug-likeness (QED) is 0.571. The van der Waals surface area contributed by atoms with Gasteiger partial charge in [0.05, 0.1) is 11.6 Å². The normalized spacial score (nSPS) is 34.1. The zero-order chi connectivity index (χ0) is 13.2. The van der Waals surface area contributed by atoms with Crippen LogP contribution in [0.1, 0.15) is 26.7 Å². The molecule has 1 N–H and O–H groups in total. The fourth-order valence-corrected chi connectivity index (χ4v) is 1.67. The molecule has 17 heavy (non-hydrogen) atoms. The molecule has 0 heterocycles. The first-order chi connectivity index (χ1) is 7.17. The van der Waals surface area contributed by atoms with Gasteiger partial charge in [0.1, 0.15) is 0 Å². The Morgan fingerprint density at radius 2 is 1.65 bits per heavy atom. The van der Waals surface area contributed by atoms with E-state index >= 15 is 0 Å². The molecule has 0 aliphatic heterocycles. The van der Waals surface area contributed by atoms with Gasteiger partial charge in [-0.2, -0.15) is 0 Å². The van der Waals surface area contributed by atoms with Crippen molar-refractivity contribution in [2.24, 2.45) is 5.92 Å².